The Morgan fingerprint density at radius 1 is 1.17 bits per heavy atom. The lowest BCUT2D eigenvalue weighted by molar-refractivity contribution is 0.0603. The number of nitrogen functional groups attached to an aromatic ring is 1. The predicted molar refractivity (Wildman–Crippen MR) is 96.1 cm³/mol. The van der Waals surface area contributed by atoms with E-state index in [-0.39, 0.29) is 5.97 Å². The summed E-state index contributed by atoms with van der Waals surface area (Å²) in [5, 5.41) is 0.528. The summed E-state index contributed by atoms with van der Waals surface area (Å²) in [6.45, 7) is 2.00. The lowest BCUT2D eigenvalue weighted by Gasteiger charge is -2.22. The van der Waals surface area contributed by atoms with Gasteiger partial charge in [0.2, 0.25) is 0 Å². The summed E-state index contributed by atoms with van der Waals surface area (Å²) in [6.07, 6.45) is 6.61. The molecule has 1 heterocycles. The molecule has 0 unspecified atom stereocenters. The van der Waals surface area contributed by atoms with Gasteiger partial charge in [0.05, 0.1) is 7.11 Å². The summed E-state index contributed by atoms with van der Waals surface area (Å²) >= 11 is 1.44. The zero-order chi connectivity index (χ0) is 16.4. The molecule has 0 amide bonds. The van der Waals surface area contributed by atoms with Crippen molar-refractivity contribution in [2.45, 2.75) is 44.9 Å². The molecule has 2 N–H and O–H groups in total. The molecule has 3 rings (SSSR count). The van der Waals surface area contributed by atoms with Crippen LogP contribution in [0.25, 0.3) is 11.1 Å². The quantitative estimate of drug-likeness (QED) is 0.793. The molecule has 1 aromatic heterocycles. The van der Waals surface area contributed by atoms with Gasteiger partial charge in [0.25, 0.3) is 0 Å². The summed E-state index contributed by atoms with van der Waals surface area (Å²) in [5.74, 6) is 0.324. The number of esters is 1. The van der Waals surface area contributed by atoms with E-state index in [0.29, 0.717) is 16.5 Å². The number of aryl methyl sites for hydroxylation is 1. The topological polar surface area (TPSA) is 52.3 Å². The molecule has 1 aliphatic rings. The van der Waals surface area contributed by atoms with Crippen LogP contribution in [0.2, 0.25) is 0 Å². The van der Waals surface area contributed by atoms with Gasteiger partial charge in [0.15, 0.2) is 0 Å². The lowest BCUT2D eigenvalue weighted by Crippen LogP contribution is -2.05. The molecular formula is C19H23NO2S. The molecule has 0 atom stereocenters. The smallest absolute Gasteiger partial charge is 0.341 e. The molecule has 0 aliphatic heterocycles. The summed E-state index contributed by atoms with van der Waals surface area (Å²) in [7, 11) is 1.39. The van der Waals surface area contributed by atoms with Crippen molar-refractivity contribution in [2.24, 2.45) is 0 Å². The van der Waals surface area contributed by atoms with Crippen LogP contribution >= 0.6 is 11.3 Å². The fourth-order valence-corrected chi connectivity index (χ4v) is 4.52. The van der Waals surface area contributed by atoms with Crippen LogP contribution in [0, 0.1) is 6.92 Å². The minimum absolute atomic E-state index is 0.363. The molecular weight excluding hydrogens is 306 g/mol. The second kappa shape index (κ2) is 6.75. The van der Waals surface area contributed by atoms with Crippen LogP contribution in [0.4, 0.5) is 5.00 Å². The number of methoxy groups -OCH3 is 1. The van der Waals surface area contributed by atoms with Gasteiger partial charge in [-0.25, -0.2) is 4.79 Å². The Kier molecular flexibility index (Phi) is 4.71. The highest BCUT2D eigenvalue weighted by atomic mass is 32.1. The minimum Gasteiger partial charge on any atom is -0.465 e. The molecule has 0 saturated heterocycles. The zero-order valence-corrected chi connectivity index (χ0v) is 14.5. The van der Waals surface area contributed by atoms with E-state index in [9.17, 15) is 4.79 Å². The molecule has 0 spiro atoms. The number of thiophene rings is 1. The van der Waals surface area contributed by atoms with E-state index >= 15 is 0 Å². The molecule has 4 heteroatoms. The first-order valence-electron chi connectivity index (χ1n) is 8.19. The van der Waals surface area contributed by atoms with Crippen molar-refractivity contribution in [3.63, 3.8) is 0 Å². The van der Waals surface area contributed by atoms with Crippen molar-refractivity contribution in [1.29, 1.82) is 0 Å². The maximum absolute atomic E-state index is 12.1. The number of nitrogens with two attached hydrogens (primary N) is 1. The van der Waals surface area contributed by atoms with Gasteiger partial charge in [-0.1, -0.05) is 43.5 Å². The normalized spacial score (nSPS) is 15.6. The van der Waals surface area contributed by atoms with E-state index in [0.717, 1.165) is 16.0 Å². The molecule has 3 nitrogen and oxygen atoms in total. The van der Waals surface area contributed by atoms with Crippen molar-refractivity contribution in [2.75, 3.05) is 12.8 Å². The van der Waals surface area contributed by atoms with Crippen molar-refractivity contribution < 1.29 is 9.53 Å². The monoisotopic (exact) mass is 329 g/mol. The third-order valence-corrected chi connectivity index (χ3v) is 5.71. The van der Waals surface area contributed by atoms with Crippen LogP contribution in [0.5, 0.6) is 0 Å². The maximum Gasteiger partial charge on any atom is 0.341 e. The Morgan fingerprint density at radius 2 is 1.83 bits per heavy atom. The number of anilines is 1. The summed E-state index contributed by atoms with van der Waals surface area (Å²) < 4.78 is 4.90. The molecule has 0 bridgehead atoms. The minimum atomic E-state index is -0.363. The Balaban J connectivity index is 1.95. The maximum atomic E-state index is 12.1. The summed E-state index contributed by atoms with van der Waals surface area (Å²) in [6, 6.07) is 8.65. The van der Waals surface area contributed by atoms with Gasteiger partial charge < -0.3 is 10.5 Å². The van der Waals surface area contributed by atoms with Crippen LogP contribution in [0.1, 0.15) is 58.8 Å². The first kappa shape index (κ1) is 16.1. The standard InChI is InChI=1S/C19H23NO2S/c1-12-16(17(18(20)23-12)19(21)22-2)15-10-8-14(9-11-15)13-6-4-3-5-7-13/h8-11,13H,3-7,20H2,1-2H3. The number of hydrogen-bond donors (Lipinski definition) is 1. The average Bonchev–Trinajstić information content (AvgIpc) is 2.89. The van der Waals surface area contributed by atoms with Gasteiger partial charge in [-0.3, -0.25) is 0 Å². The van der Waals surface area contributed by atoms with Crippen LogP contribution in [0.3, 0.4) is 0 Å². The number of hydrogen-bond acceptors (Lipinski definition) is 4. The largest absolute Gasteiger partial charge is 0.465 e. The Bertz CT molecular complexity index is 697. The highest BCUT2D eigenvalue weighted by Gasteiger charge is 2.23. The van der Waals surface area contributed by atoms with Crippen LogP contribution in [0.15, 0.2) is 24.3 Å². The van der Waals surface area contributed by atoms with Crippen molar-refractivity contribution in [3.05, 3.63) is 40.3 Å². The van der Waals surface area contributed by atoms with E-state index in [1.165, 1.54) is 56.1 Å². The van der Waals surface area contributed by atoms with E-state index in [2.05, 4.69) is 24.3 Å². The van der Waals surface area contributed by atoms with Crippen molar-refractivity contribution >= 4 is 22.3 Å². The van der Waals surface area contributed by atoms with Gasteiger partial charge in [0, 0.05) is 10.4 Å². The van der Waals surface area contributed by atoms with Crippen LogP contribution in [-0.4, -0.2) is 13.1 Å². The SMILES string of the molecule is COC(=O)c1c(N)sc(C)c1-c1ccc(C2CCCCC2)cc1. The fraction of sp³-hybridized carbons (Fsp3) is 0.421. The van der Waals surface area contributed by atoms with Gasteiger partial charge >= 0.3 is 5.97 Å². The number of carbonyl (C=O) groups is 1. The molecule has 122 valence electrons. The fourth-order valence-electron chi connectivity index (χ4n) is 3.58. The van der Waals surface area contributed by atoms with E-state index in [1.54, 1.807) is 0 Å². The lowest BCUT2D eigenvalue weighted by atomic mass is 9.83. The average molecular weight is 329 g/mol. The molecule has 1 fully saturated rings. The first-order chi connectivity index (χ1) is 11.1. The number of benzene rings is 1. The van der Waals surface area contributed by atoms with E-state index in [4.69, 9.17) is 10.5 Å². The summed E-state index contributed by atoms with van der Waals surface area (Å²) in [4.78, 5) is 13.1. The highest BCUT2D eigenvalue weighted by Crippen LogP contribution is 2.39. The number of carbonyl (C=O) groups excluding carboxylic acids is 1. The number of rotatable bonds is 3. The van der Waals surface area contributed by atoms with Crippen molar-refractivity contribution in [1.82, 2.24) is 0 Å². The van der Waals surface area contributed by atoms with E-state index in [1.807, 2.05) is 6.92 Å². The predicted octanol–water partition coefficient (Wildman–Crippen LogP) is 5.14. The van der Waals surface area contributed by atoms with Crippen LogP contribution in [-0.2, 0) is 4.74 Å². The molecule has 2 aromatic rings. The molecule has 0 radical (unpaired) electrons. The second-order valence-electron chi connectivity index (χ2n) is 6.22. The second-order valence-corrected chi connectivity index (χ2v) is 7.48. The first-order valence-corrected chi connectivity index (χ1v) is 9.01. The highest BCUT2D eigenvalue weighted by molar-refractivity contribution is 7.16. The molecule has 1 aromatic carbocycles. The van der Waals surface area contributed by atoms with E-state index < -0.39 is 0 Å². The van der Waals surface area contributed by atoms with Crippen LogP contribution < -0.4 is 5.73 Å². The third kappa shape index (κ3) is 3.13. The van der Waals surface area contributed by atoms with Gasteiger partial charge in [-0.2, -0.15) is 0 Å². The summed E-state index contributed by atoms with van der Waals surface area (Å²) in [5.41, 5.74) is 9.88. The van der Waals surface area contributed by atoms with Crippen molar-refractivity contribution in [3.8, 4) is 11.1 Å². The zero-order valence-electron chi connectivity index (χ0n) is 13.7. The Morgan fingerprint density at radius 3 is 2.43 bits per heavy atom. The molecule has 23 heavy (non-hydrogen) atoms. The Hall–Kier alpha value is -1.81. The molecule has 1 saturated carbocycles. The third-order valence-electron chi connectivity index (χ3n) is 4.78. The Labute approximate surface area is 141 Å². The van der Waals surface area contributed by atoms with Gasteiger partial charge in [-0.05, 0) is 36.8 Å². The molecule has 1 aliphatic carbocycles. The van der Waals surface area contributed by atoms with Gasteiger partial charge in [0.1, 0.15) is 10.6 Å². The number of ether oxygens (including phenoxy) is 1. The van der Waals surface area contributed by atoms with Gasteiger partial charge in [-0.15, -0.1) is 11.3 Å².